The van der Waals surface area contributed by atoms with Gasteiger partial charge in [-0.2, -0.15) is 0 Å². The van der Waals surface area contributed by atoms with Gasteiger partial charge in [0.15, 0.2) is 5.78 Å². The van der Waals surface area contributed by atoms with Crippen LogP contribution in [-0.4, -0.2) is 10.8 Å². The lowest BCUT2D eigenvalue weighted by molar-refractivity contribution is 0.101. The van der Waals surface area contributed by atoms with Gasteiger partial charge >= 0.3 is 0 Å². The summed E-state index contributed by atoms with van der Waals surface area (Å²) in [5.74, 6) is 0.615. The molecular formula is C15H14BrNO2. The lowest BCUT2D eigenvalue weighted by Crippen LogP contribution is -2.02. The number of hydrogen-bond donors (Lipinski definition) is 0. The molecule has 0 fully saturated rings. The highest BCUT2D eigenvalue weighted by Gasteiger charge is 2.09. The van der Waals surface area contributed by atoms with Gasteiger partial charge < -0.3 is 4.74 Å². The number of aromatic nitrogens is 1. The van der Waals surface area contributed by atoms with E-state index in [0.29, 0.717) is 17.9 Å². The number of aryl methyl sites for hydroxylation is 1. The monoisotopic (exact) mass is 319 g/mol. The van der Waals surface area contributed by atoms with Crippen LogP contribution in [0.25, 0.3) is 0 Å². The Morgan fingerprint density at radius 1 is 1.32 bits per heavy atom. The molecular weight excluding hydrogens is 306 g/mol. The lowest BCUT2D eigenvalue weighted by Gasteiger charge is -2.10. The number of carbonyl (C=O) groups is 1. The maximum atomic E-state index is 11.6. The van der Waals surface area contributed by atoms with Gasteiger partial charge in [-0.1, -0.05) is 11.6 Å². The number of ketones is 1. The van der Waals surface area contributed by atoms with Crippen LogP contribution in [0.5, 0.6) is 5.75 Å². The molecule has 0 N–H and O–H groups in total. The van der Waals surface area contributed by atoms with Gasteiger partial charge in [-0.25, -0.2) is 0 Å². The largest absolute Gasteiger partial charge is 0.488 e. The highest BCUT2D eigenvalue weighted by atomic mass is 79.9. The molecule has 0 saturated carbocycles. The minimum atomic E-state index is 0.00562. The fraction of sp³-hybridized carbons (Fsp3) is 0.200. The zero-order chi connectivity index (χ0) is 13.8. The summed E-state index contributed by atoms with van der Waals surface area (Å²) in [5.41, 5.74) is 2.61. The Hall–Kier alpha value is -1.68. The van der Waals surface area contributed by atoms with Gasteiger partial charge in [0.1, 0.15) is 12.4 Å². The molecule has 2 aromatic rings. The number of ether oxygens (including phenoxy) is 1. The molecule has 0 amide bonds. The Kier molecular flexibility index (Phi) is 4.32. The first-order valence-corrected chi connectivity index (χ1v) is 6.69. The highest BCUT2D eigenvalue weighted by molar-refractivity contribution is 9.10. The van der Waals surface area contributed by atoms with E-state index in [1.807, 2.05) is 31.2 Å². The Labute approximate surface area is 120 Å². The number of nitrogens with zero attached hydrogens (tertiary/aromatic N) is 1. The van der Waals surface area contributed by atoms with E-state index in [9.17, 15) is 4.79 Å². The molecule has 4 heteroatoms. The van der Waals surface area contributed by atoms with Crippen LogP contribution >= 0.6 is 15.9 Å². The number of carbonyl (C=O) groups excluding carboxylic acids is 1. The van der Waals surface area contributed by atoms with E-state index in [0.717, 1.165) is 15.6 Å². The number of Topliss-reactive ketones (excluding diaryl/α,β-unsaturated/α-hetero) is 1. The number of pyridine rings is 1. The normalized spacial score (nSPS) is 10.3. The quantitative estimate of drug-likeness (QED) is 0.801. The van der Waals surface area contributed by atoms with Gasteiger partial charge in [0.25, 0.3) is 0 Å². The molecule has 0 aliphatic carbocycles. The summed E-state index contributed by atoms with van der Waals surface area (Å²) in [6.45, 7) is 3.88. The van der Waals surface area contributed by atoms with Crippen LogP contribution < -0.4 is 4.74 Å². The van der Waals surface area contributed by atoms with Crippen molar-refractivity contribution in [3.63, 3.8) is 0 Å². The Bertz CT molecular complexity index is 611. The fourth-order valence-corrected chi connectivity index (χ4v) is 2.15. The molecule has 98 valence electrons. The lowest BCUT2D eigenvalue weighted by atomic mass is 10.1. The molecule has 1 heterocycles. The number of benzene rings is 1. The second kappa shape index (κ2) is 5.97. The van der Waals surface area contributed by atoms with E-state index in [2.05, 4.69) is 20.9 Å². The van der Waals surface area contributed by atoms with E-state index >= 15 is 0 Å². The molecule has 0 saturated heterocycles. The van der Waals surface area contributed by atoms with Crippen molar-refractivity contribution in [2.45, 2.75) is 20.5 Å². The molecule has 3 nitrogen and oxygen atoms in total. The maximum Gasteiger partial charge on any atom is 0.163 e. The SMILES string of the molecule is CC(=O)c1cc(C)ccc1OCc1cncc(Br)c1. The fourth-order valence-electron chi connectivity index (χ4n) is 1.74. The van der Waals surface area contributed by atoms with Crippen molar-refractivity contribution in [3.8, 4) is 5.75 Å². The van der Waals surface area contributed by atoms with Crippen LogP contribution in [0.4, 0.5) is 0 Å². The van der Waals surface area contributed by atoms with Crippen LogP contribution in [-0.2, 0) is 6.61 Å². The van der Waals surface area contributed by atoms with Crippen LogP contribution in [0.2, 0.25) is 0 Å². The number of hydrogen-bond acceptors (Lipinski definition) is 3. The molecule has 0 unspecified atom stereocenters. The molecule has 0 atom stereocenters. The zero-order valence-corrected chi connectivity index (χ0v) is 12.4. The van der Waals surface area contributed by atoms with Crippen LogP contribution in [0, 0.1) is 6.92 Å². The van der Waals surface area contributed by atoms with Gasteiger partial charge in [-0.3, -0.25) is 9.78 Å². The molecule has 0 aliphatic rings. The predicted molar refractivity (Wildman–Crippen MR) is 77.5 cm³/mol. The molecule has 0 bridgehead atoms. The maximum absolute atomic E-state index is 11.6. The van der Waals surface area contributed by atoms with Gasteiger partial charge in [-0.05, 0) is 48.0 Å². The highest BCUT2D eigenvalue weighted by Crippen LogP contribution is 2.22. The van der Waals surface area contributed by atoms with E-state index in [1.165, 1.54) is 0 Å². The molecule has 0 spiro atoms. The van der Waals surface area contributed by atoms with Crippen molar-refractivity contribution in [2.75, 3.05) is 0 Å². The first-order valence-electron chi connectivity index (χ1n) is 5.90. The van der Waals surface area contributed by atoms with Gasteiger partial charge in [-0.15, -0.1) is 0 Å². The van der Waals surface area contributed by atoms with Crippen LogP contribution in [0.15, 0.2) is 41.1 Å². The summed E-state index contributed by atoms with van der Waals surface area (Å²) in [6, 6.07) is 7.55. The first-order chi connectivity index (χ1) is 9.06. The molecule has 1 aromatic heterocycles. The van der Waals surface area contributed by atoms with Crippen molar-refractivity contribution < 1.29 is 9.53 Å². The summed E-state index contributed by atoms with van der Waals surface area (Å²) in [4.78, 5) is 15.7. The summed E-state index contributed by atoms with van der Waals surface area (Å²) in [7, 11) is 0. The van der Waals surface area contributed by atoms with E-state index in [4.69, 9.17) is 4.74 Å². The minimum Gasteiger partial charge on any atom is -0.488 e. The van der Waals surface area contributed by atoms with E-state index < -0.39 is 0 Å². The average Bonchev–Trinajstić information content (AvgIpc) is 2.37. The second-order valence-corrected chi connectivity index (χ2v) is 5.27. The van der Waals surface area contributed by atoms with Crippen molar-refractivity contribution >= 4 is 21.7 Å². The predicted octanol–water partition coefficient (Wildman–Crippen LogP) is 3.93. The van der Waals surface area contributed by atoms with E-state index in [1.54, 1.807) is 19.3 Å². The zero-order valence-electron chi connectivity index (χ0n) is 10.8. The van der Waals surface area contributed by atoms with Crippen molar-refractivity contribution in [3.05, 3.63) is 57.8 Å². The van der Waals surface area contributed by atoms with Gasteiger partial charge in [0, 0.05) is 22.4 Å². The van der Waals surface area contributed by atoms with Crippen molar-refractivity contribution in [1.82, 2.24) is 4.98 Å². The summed E-state index contributed by atoms with van der Waals surface area (Å²) in [5, 5.41) is 0. The summed E-state index contributed by atoms with van der Waals surface area (Å²) < 4.78 is 6.62. The van der Waals surface area contributed by atoms with Crippen molar-refractivity contribution in [1.29, 1.82) is 0 Å². The van der Waals surface area contributed by atoms with Crippen LogP contribution in [0.1, 0.15) is 28.4 Å². The Morgan fingerprint density at radius 3 is 2.79 bits per heavy atom. The Balaban J connectivity index is 2.17. The molecule has 1 aromatic carbocycles. The third kappa shape index (κ3) is 3.64. The minimum absolute atomic E-state index is 0.00562. The summed E-state index contributed by atoms with van der Waals surface area (Å²) >= 11 is 3.36. The van der Waals surface area contributed by atoms with Gasteiger partial charge in [0.2, 0.25) is 0 Å². The van der Waals surface area contributed by atoms with E-state index in [-0.39, 0.29) is 5.78 Å². The second-order valence-electron chi connectivity index (χ2n) is 4.36. The molecule has 2 rings (SSSR count). The van der Waals surface area contributed by atoms with Gasteiger partial charge in [0.05, 0.1) is 5.56 Å². The third-order valence-corrected chi connectivity index (χ3v) is 3.10. The molecule has 19 heavy (non-hydrogen) atoms. The standard InChI is InChI=1S/C15H14BrNO2/c1-10-3-4-15(14(5-10)11(2)18)19-9-12-6-13(16)8-17-7-12/h3-8H,9H2,1-2H3. The third-order valence-electron chi connectivity index (χ3n) is 2.67. The molecule has 0 radical (unpaired) electrons. The topological polar surface area (TPSA) is 39.2 Å². The first kappa shape index (κ1) is 13.7. The smallest absolute Gasteiger partial charge is 0.163 e. The number of halogens is 1. The molecule has 0 aliphatic heterocycles. The Morgan fingerprint density at radius 2 is 2.11 bits per heavy atom. The van der Waals surface area contributed by atoms with Crippen LogP contribution in [0.3, 0.4) is 0 Å². The number of rotatable bonds is 4. The average molecular weight is 320 g/mol. The summed E-state index contributed by atoms with van der Waals surface area (Å²) in [6.07, 6.45) is 3.46. The van der Waals surface area contributed by atoms with Crippen molar-refractivity contribution in [2.24, 2.45) is 0 Å².